The second kappa shape index (κ2) is 18.4. The standard InChI is InChI=1S/2C5H5N.CH2O3.2Ag/c2*1-2-4-6-5-3-1;2-1(3)4;;/h2*1-5H;(H2,2,3,4);;/q;;;2*+1/p-2. The first-order valence-electron chi connectivity index (χ1n) is 4.31. The molecule has 0 bridgehead atoms. The van der Waals surface area contributed by atoms with Gasteiger partial charge in [-0.25, -0.2) is 0 Å². The van der Waals surface area contributed by atoms with Crippen molar-refractivity contribution in [3.63, 3.8) is 0 Å². The first-order chi connectivity index (χ1) is 7.73. The molecule has 5 nitrogen and oxygen atoms in total. The van der Waals surface area contributed by atoms with Crippen LogP contribution in [0.2, 0.25) is 0 Å². The Kier molecular flexibility index (Phi) is 22.8. The third-order valence-electron chi connectivity index (χ3n) is 1.13. The van der Waals surface area contributed by atoms with Gasteiger partial charge >= 0.3 is 44.8 Å². The minimum atomic E-state index is -2.33. The van der Waals surface area contributed by atoms with Crippen molar-refractivity contribution in [1.82, 2.24) is 9.97 Å². The van der Waals surface area contributed by atoms with Crippen molar-refractivity contribution in [2.45, 2.75) is 0 Å². The number of hydrogen-bond donors (Lipinski definition) is 0. The van der Waals surface area contributed by atoms with Gasteiger partial charge in [-0.2, -0.15) is 0 Å². The summed E-state index contributed by atoms with van der Waals surface area (Å²) < 4.78 is 0. The van der Waals surface area contributed by atoms with Crippen molar-refractivity contribution in [3.8, 4) is 0 Å². The maximum atomic E-state index is 8.33. The van der Waals surface area contributed by atoms with Gasteiger partial charge in [0.15, 0.2) is 0 Å². The average Bonchev–Trinajstić information content (AvgIpc) is 2.34. The average molecular weight is 434 g/mol. The summed E-state index contributed by atoms with van der Waals surface area (Å²) in [6, 6.07) is 11.4. The van der Waals surface area contributed by atoms with Gasteiger partial charge in [-0.3, -0.25) is 9.97 Å². The van der Waals surface area contributed by atoms with Crippen LogP contribution in [0.1, 0.15) is 0 Å². The molecule has 0 radical (unpaired) electrons. The fourth-order valence-corrected chi connectivity index (χ4v) is 0.625. The zero-order chi connectivity index (χ0) is 12.1. The van der Waals surface area contributed by atoms with Crippen molar-refractivity contribution in [2.75, 3.05) is 0 Å². The number of rotatable bonds is 0. The van der Waals surface area contributed by atoms with Crippen molar-refractivity contribution in [2.24, 2.45) is 0 Å². The zero-order valence-electron chi connectivity index (χ0n) is 9.00. The van der Waals surface area contributed by atoms with E-state index >= 15 is 0 Å². The van der Waals surface area contributed by atoms with E-state index in [2.05, 4.69) is 9.97 Å². The second-order valence-electron chi connectivity index (χ2n) is 2.30. The molecule has 0 aliphatic carbocycles. The van der Waals surface area contributed by atoms with Crippen LogP contribution in [0.25, 0.3) is 0 Å². The van der Waals surface area contributed by atoms with Crippen LogP contribution in [-0.2, 0) is 44.8 Å². The molecule has 18 heavy (non-hydrogen) atoms. The van der Waals surface area contributed by atoms with Crippen LogP contribution in [0.5, 0.6) is 0 Å². The largest absolute Gasteiger partial charge is 1.00 e. The molecule has 0 fully saturated rings. The molecule has 0 amide bonds. The monoisotopic (exact) mass is 432 g/mol. The Morgan fingerprint density at radius 2 is 0.889 bits per heavy atom. The molecule has 7 heteroatoms. The molecule has 2 aromatic rings. The van der Waals surface area contributed by atoms with Crippen LogP contribution in [0.4, 0.5) is 4.79 Å². The minimum absolute atomic E-state index is 0. The molecule has 0 aromatic carbocycles. The molecule has 0 aliphatic heterocycles. The van der Waals surface area contributed by atoms with Crippen molar-refractivity contribution >= 4 is 6.16 Å². The van der Waals surface area contributed by atoms with Crippen LogP contribution in [-0.4, -0.2) is 16.1 Å². The van der Waals surface area contributed by atoms with Crippen molar-refractivity contribution < 1.29 is 59.8 Å². The molecule has 0 saturated carbocycles. The van der Waals surface area contributed by atoms with Crippen LogP contribution in [0.3, 0.4) is 0 Å². The van der Waals surface area contributed by atoms with Crippen LogP contribution < -0.4 is 10.2 Å². The SMILES string of the molecule is O=C([O-])[O-].[Ag+].[Ag+].c1ccncc1.c1ccncc1. The maximum Gasteiger partial charge on any atom is 1.00 e. The maximum absolute atomic E-state index is 8.33. The summed E-state index contributed by atoms with van der Waals surface area (Å²) in [6.07, 6.45) is 4.67. The number of carboxylic acid groups (broad SMARTS) is 2. The molecule has 0 atom stereocenters. The Bertz CT molecular complexity index is 274. The van der Waals surface area contributed by atoms with E-state index in [1.165, 1.54) is 0 Å². The van der Waals surface area contributed by atoms with Crippen molar-refractivity contribution in [3.05, 3.63) is 61.2 Å². The van der Waals surface area contributed by atoms with E-state index in [0.717, 1.165) is 0 Å². The van der Waals surface area contributed by atoms with E-state index in [0.29, 0.717) is 0 Å². The molecular weight excluding hydrogens is 424 g/mol. The van der Waals surface area contributed by atoms with Gasteiger partial charge < -0.3 is 15.0 Å². The van der Waals surface area contributed by atoms with Crippen LogP contribution in [0.15, 0.2) is 61.2 Å². The predicted octanol–water partition coefficient (Wildman–Crippen LogP) is -0.289. The first kappa shape index (κ1) is 22.3. The minimum Gasteiger partial charge on any atom is -0.652 e. The van der Waals surface area contributed by atoms with E-state index < -0.39 is 6.16 Å². The molecule has 0 aliphatic rings. The number of aromatic nitrogens is 2. The molecule has 2 aromatic heterocycles. The molecule has 0 N–H and O–H groups in total. The summed E-state index contributed by atoms with van der Waals surface area (Å²) in [6.45, 7) is 0. The van der Waals surface area contributed by atoms with E-state index in [-0.39, 0.29) is 44.8 Å². The zero-order valence-corrected chi connectivity index (χ0v) is 12.0. The third-order valence-corrected chi connectivity index (χ3v) is 1.13. The summed E-state index contributed by atoms with van der Waals surface area (Å²) in [5.41, 5.74) is 0. The first-order valence-corrected chi connectivity index (χ1v) is 4.31. The summed E-state index contributed by atoms with van der Waals surface area (Å²) >= 11 is 0. The molecular formula is C11H10Ag2N2O3. The van der Waals surface area contributed by atoms with Crippen LogP contribution in [0, 0.1) is 0 Å². The smallest absolute Gasteiger partial charge is 0.652 e. The van der Waals surface area contributed by atoms with Gasteiger partial charge in [-0.1, -0.05) is 12.1 Å². The van der Waals surface area contributed by atoms with Gasteiger partial charge in [0.1, 0.15) is 0 Å². The third kappa shape index (κ3) is 24.3. The Hall–Kier alpha value is -0.949. The van der Waals surface area contributed by atoms with E-state index in [1.807, 2.05) is 36.4 Å². The van der Waals surface area contributed by atoms with Gasteiger partial charge in [0, 0.05) is 24.8 Å². The molecule has 104 valence electrons. The van der Waals surface area contributed by atoms with E-state index in [4.69, 9.17) is 15.0 Å². The van der Waals surface area contributed by atoms with E-state index in [9.17, 15) is 0 Å². The number of pyridine rings is 2. The molecule has 2 heterocycles. The van der Waals surface area contributed by atoms with Gasteiger partial charge in [0.25, 0.3) is 0 Å². The summed E-state index contributed by atoms with van der Waals surface area (Å²) in [5.74, 6) is 0. The van der Waals surface area contributed by atoms with Crippen LogP contribution >= 0.6 is 0 Å². The molecule has 0 spiro atoms. The van der Waals surface area contributed by atoms with E-state index in [1.54, 1.807) is 24.8 Å². The van der Waals surface area contributed by atoms with Crippen molar-refractivity contribution in [1.29, 1.82) is 0 Å². The summed E-state index contributed by atoms with van der Waals surface area (Å²) in [7, 11) is 0. The van der Waals surface area contributed by atoms with Gasteiger partial charge in [-0.05, 0) is 30.4 Å². The van der Waals surface area contributed by atoms with Gasteiger partial charge in [0.2, 0.25) is 0 Å². The second-order valence-corrected chi connectivity index (χ2v) is 2.30. The predicted molar refractivity (Wildman–Crippen MR) is 53.9 cm³/mol. The van der Waals surface area contributed by atoms with Gasteiger partial charge in [0.05, 0.1) is 0 Å². The quantitative estimate of drug-likeness (QED) is 0.533. The molecule has 2 rings (SSSR count). The topological polar surface area (TPSA) is 89.0 Å². The fraction of sp³-hybridized carbons (Fsp3) is 0. The normalized spacial score (nSPS) is 6.67. The Balaban J connectivity index is -0.000000182. The Morgan fingerprint density at radius 1 is 0.667 bits per heavy atom. The van der Waals surface area contributed by atoms with Gasteiger partial charge in [-0.15, -0.1) is 0 Å². The summed E-state index contributed by atoms with van der Waals surface area (Å²) in [5, 5.41) is 16.7. The Labute approximate surface area is 136 Å². The molecule has 0 saturated heterocycles. The Morgan fingerprint density at radius 3 is 0.944 bits per heavy atom. The number of nitrogens with zero attached hydrogens (tertiary/aromatic N) is 2. The molecule has 0 unspecified atom stereocenters. The number of hydrogen-bond acceptors (Lipinski definition) is 5. The number of carbonyl (C=O) groups is 1. The number of carbonyl (C=O) groups excluding carboxylic acids is 1. The summed E-state index contributed by atoms with van der Waals surface area (Å²) in [4.78, 5) is 15.9. The fourth-order valence-electron chi connectivity index (χ4n) is 0.625.